The third-order valence-corrected chi connectivity index (χ3v) is 8.77. The molecular weight excluding hydrogens is 587 g/mol. The number of rotatable bonds is 5. The molecular formula is C43H27N5. The van der Waals surface area contributed by atoms with Gasteiger partial charge in [-0.1, -0.05) is 115 Å². The van der Waals surface area contributed by atoms with Crippen LogP contribution in [0.1, 0.15) is 0 Å². The van der Waals surface area contributed by atoms with Gasteiger partial charge < -0.3 is 0 Å². The predicted molar refractivity (Wildman–Crippen MR) is 195 cm³/mol. The van der Waals surface area contributed by atoms with E-state index in [1.165, 1.54) is 10.8 Å². The normalized spacial score (nSPS) is 11.3. The molecule has 0 spiro atoms. The van der Waals surface area contributed by atoms with Crippen molar-refractivity contribution in [3.63, 3.8) is 0 Å². The van der Waals surface area contributed by atoms with Crippen molar-refractivity contribution in [1.29, 1.82) is 0 Å². The van der Waals surface area contributed by atoms with Gasteiger partial charge in [0.15, 0.2) is 17.5 Å². The molecule has 0 saturated carbocycles. The zero-order chi connectivity index (χ0) is 31.9. The number of pyridine rings is 2. The monoisotopic (exact) mass is 613 g/mol. The van der Waals surface area contributed by atoms with E-state index in [0.717, 1.165) is 60.8 Å². The minimum atomic E-state index is 0.608. The zero-order valence-electron chi connectivity index (χ0n) is 25.8. The van der Waals surface area contributed by atoms with Gasteiger partial charge in [-0.25, -0.2) is 15.0 Å². The van der Waals surface area contributed by atoms with E-state index in [1.807, 2.05) is 79.1 Å². The molecule has 0 amide bonds. The highest BCUT2D eigenvalue weighted by atomic mass is 15.0. The van der Waals surface area contributed by atoms with Crippen LogP contribution in [0.3, 0.4) is 0 Å². The summed E-state index contributed by atoms with van der Waals surface area (Å²) >= 11 is 0. The molecule has 9 aromatic rings. The van der Waals surface area contributed by atoms with Crippen molar-refractivity contribution in [1.82, 2.24) is 24.9 Å². The van der Waals surface area contributed by atoms with E-state index >= 15 is 0 Å². The first-order valence-corrected chi connectivity index (χ1v) is 15.9. The standard InChI is InChI=1S/C43H27N5/c1-3-11-30(12-4-1)41-46-42(31-13-5-2-6-14-31)48-43(47-41)36-26-34(33-18-17-28-10-7-8-15-32(28)24-33)25-35(27-36)37-21-23-45-40-38(37)20-19-29-16-9-22-44-39(29)40/h1-27H. The average Bonchev–Trinajstić information content (AvgIpc) is 3.17. The fraction of sp³-hybridized carbons (Fsp3) is 0. The van der Waals surface area contributed by atoms with E-state index < -0.39 is 0 Å². The molecule has 3 heterocycles. The molecule has 3 aromatic heterocycles. The fourth-order valence-corrected chi connectivity index (χ4v) is 6.39. The van der Waals surface area contributed by atoms with E-state index in [1.54, 1.807) is 0 Å². The molecule has 224 valence electrons. The number of nitrogens with zero attached hydrogens (tertiary/aromatic N) is 5. The highest BCUT2D eigenvalue weighted by molar-refractivity contribution is 6.08. The molecule has 0 aliphatic rings. The summed E-state index contributed by atoms with van der Waals surface area (Å²) in [5, 5.41) is 4.49. The van der Waals surface area contributed by atoms with Gasteiger partial charge in [0, 0.05) is 39.9 Å². The van der Waals surface area contributed by atoms with Crippen molar-refractivity contribution in [3.05, 3.63) is 164 Å². The van der Waals surface area contributed by atoms with Gasteiger partial charge in [0.1, 0.15) is 0 Å². The minimum Gasteiger partial charge on any atom is -0.254 e. The Balaban J connectivity index is 1.31. The molecule has 5 heteroatoms. The summed E-state index contributed by atoms with van der Waals surface area (Å²) in [5.74, 6) is 1.87. The van der Waals surface area contributed by atoms with Crippen LogP contribution in [0.5, 0.6) is 0 Å². The second-order valence-electron chi connectivity index (χ2n) is 11.8. The van der Waals surface area contributed by atoms with E-state index in [4.69, 9.17) is 24.9 Å². The van der Waals surface area contributed by atoms with E-state index in [9.17, 15) is 0 Å². The van der Waals surface area contributed by atoms with Crippen molar-refractivity contribution < 1.29 is 0 Å². The van der Waals surface area contributed by atoms with Crippen LogP contribution in [0.4, 0.5) is 0 Å². The van der Waals surface area contributed by atoms with Crippen molar-refractivity contribution in [2.45, 2.75) is 0 Å². The van der Waals surface area contributed by atoms with Crippen molar-refractivity contribution >= 4 is 32.6 Å². The Morgan fingerprint density at radius 1 is 0.312 bits per heavy atom. The summed E-state index contributed by atoms with van der Waals surface area (Å²) in [6.07, 6.45) is 3.70. The maximum atomic E-state index is 5.08. The van der Waals surface area contributed by atoms with Crippen molar-refractivity contribution in [2.24, 2.45) is 0 Å². The molecule has 0 radical (unpaired) electrons. The Kier molecular flexibility index (Phi) is 6.72. The Morgan fingerprint density at radius 3 is 1.65 bits per heavy atom. The average molecular weight is 614 g/mol. The molecule has 6 aromatic carbocycles. The molecule has 0 saturated heterocycles. The molecule has 0 bridgehead atoms. The lowest BCUT2D eigenvalue weighted by Crippen LogP contribution is -2.00. The van der Waals surface area contributed by atoms with Gasteiger partial charge in [-0.15, -0.1) is 0 Å². The van der Waals surface area contributed by atoms with Gasteiger partial charge in [0.05, 0.1) is 11.0 Å². The Morgan fingerprint density at radius 2 is 0.896 bits per heavy atom. The Labute approximate surface area is 277 Å². The maximum Gasteiger partial charge on any atom is 0.164 e. The third kappa shape index (κ3) is 5.04. The van der Waals surface area contributed by atoms with Gasteiger partial charge in [-0.3, -0.25) is 9.97 Å². The lowest BCUT2D eigenvalue weighted by molar-refractivity contribution is 1.07. The van der Waals surface area contributed by atoms with Crippen LogP contribution in [-0.4, -0.2) is 24.9 Å². The minimum absolute atomic E-state index is 0.608. The molecule has 48 heavy (non-hydrogen) atoms. The summed E-state index contributed by atoms with van der Waals surface area (Å²) in [6, 6.07) is 52.2. The van der Waals surface area contributed by atoms with Crippen LogP contribution in [0.2, 0.25) is 0 Å². The topological polar surface area (TPSA) is 64.5 Å². The fourth-order valence-electron chi connectivity index (χ4n) is 6.39. The molecule has 0 aliphatic carbocycles. The molecule has 0 unspecified atom stereocenters. The van der Waals surface area contributed by atoms with Gasteiger partial charge >= 0.3 is 0 Å². The number of fused-ring (bicyclic) bond motifs is 4. The summed E-state index contributed by atoms with van der Waals surface area (Å²) in [7, 11) is 0. The van der Waals surface area contributed by atoms with Crippen LogP contribution in [0.15, 0.2) is 164 Å². The molecule has 0 N–H and O–H groups in total. The van der Waals surface area contributed by atoms with Crippen LogP contribution in [-0.2, 0) is 0 Å². The summed E-state index contributed by atoms with van der Waals surface area (Å²) in [6.45, 7) is 0. The molecule has 0 aliphatic heterocycles. The Hall–Kier alpha value is -6.59. The van der Waals surface area contributed by atoms with Gasteiger partial charge in [-0.2, -0.15) is 0 Å². The summed E-state index contributed by atoms with van der Waals surface area (Å²) in [5.41, 5.74) is 8.83. The molecule has 9 rings (SSSR count). The van der Waals surface area contributed by atoms with Gasteiger partial charge in [0.2, 0.25) is 0 Å². The predicted octanol–water partition coefficient (Wildman–Crippen LogP) is 10.5. The van der Waals surface area contributed by atoms with Crippen LogP contribution in [0.25, 0.3) is 89.0 Å². The lowest BCUT2D eigenvalue weighted by atomic mass is 9.93. The number of hydrogen-bond donors (Lipinski definition) is 0. The maximum absolute atomic E-state index is 5.08. The van der Waals surface area contributed by atoms with Crippen LogP contribution >= 0.6 is 0 Å². The highest BCUT2D eigenvalue weighted by Crippen LogP contribution is 2.37. The quantitative estimate of drug-likeness (QED) is 0.181. The first-order valence-electron chi connectivity index (χ1n) is 15.9. The Bertz CT molecular complexity index is 2560. The molecule has 0 fully saturated rings. The first-order chi connectivity index (χ1) is 23.8. The number of hydrogen-bond acceptors (Lipinski definition) is 5. The van der Waals surface area contributed by atoms with Crippen molar-refractivity contribution in [2.75, 3.05) is 0 Å². The number of aromatic nitrogens is 5. The zero-order valence-corrected chi connectivity index (χ0v) is 25.8. The van der Waals surface area contributed by atoms with Gasteiger partial charge in [-0.05, 0) is 69.4 Å². The molecule has 0 atom stereocenters. The smallest absolute Gasteiger partial charge is 0.164 e. The number of benzene rings is 6. The largest absolute Gasteiger partial charge is 0.254 e. The summed E-state index contributed by atoms with van der Waals surface area (Å²) < 4.78 is 0. The molecule has 5 nitrogen and oxygen atoms in total. The van der Waals surface area contributed by atoms with E-state index in [-0.39, 0.29) is 0 Å². The highest BCUT2D eigenvalue weighted by Gasteiger charge is 2.16. The SMILES string of the molecule is c1ccc(-c2nc(-c3ccccc3)nc(-c3cc(-c4ccc5ccccc5c4)cc(-c4ccnc5c4ccc4cccnc45)c3)n2)cc1. The van der Waals surface area contributed by atoms with Crippen LogP contribution in [0, 0.1) is 0 Å². The second kappa shape index (κ2) is 11.6. The van der Waals surface area contributed by atoms with Gasteiger partial charge in [0.25, 0.3) is 0 Å². The van der Waals surface area contributed by atoms with E-state index in [0.29, 0.717) is 17.5 Å². The first kappa shape index (κ1) is 27.7. The van der Waals surface area contributed by atoms with E-state index in [2.05, 4.69) is 84.9 Å². The third-order valence-electron chi connectivity index (χ3n) is 8.77. The lowest BCUT2D eigenvalue weighted by Gasteiger charge is -2.14. The van der Waals surface area contributed by atoms with Crippen molar-refractivity contribution in [3.8, 4) is 56.4 Å². The second-order valence-corrected chi connectivity index (χ2v) is 11.8. The summed E-state index contributed by atoms with van der Waals surface area (Å²) in [4.78, 5) is 24.6. The van der Waals surface area contributed by atoms with Crippen LogP contribution < -0.4 is 0 Å².